The summed E-state index contributed by atoms with van der Waals surface area (Å²) in [6.07, 6.45) is 0.545. The molecule has 3 amide bonds. The zero-order valence-corrected chi connectivity index (χ0v) is 16.3. The number of nitrogens with zero attached hydrogens (tertiary/aromatic N) is 2. The van der Waals surface area contributed by atoms with Crippen molar-refractivity contribution in [1.82, 2.24) is 9.80 Å². The van der Waals surface area contributed by atoms with Crippen LogP contribution in [0.25, 0.3) is 0 Å². The molecule has 1 fully saturated rings. The number of carbonyl (C=O) groups excluding carboxylic acids is 3. The molecule has 3 rings (SSSR count). The van der Waals surface area contributed by atoms with Crippen LogP contribution in [0.1, 0.15) is 34.3 Å². The fraction of sp³-hybridized carbons (Fsp3) is 0.250. The SMILES string of the molecule is CN(Cc1ccc(Cl)c(Cl)c1)C(=O)c1ccc(CN2C(=O)CCC2=O)cc1. The van der Waals surface area contributed by atoms with Crippen LogP contribution in [0.3, 0.4) is 0 Å². The van der Waals surface area contributed by atoms with E-state index in [2.05, 4.69) is 0 Å². The lowest BCUT2D eigenvalue weighted by Crippen LogP contribution is -2.28. The van der Waals surface area contributed by atoms with Crippen LogP contribution < -0.4 is 0 Å². The van der Waals surface area contributed by atoms with Gasteiger partial charge in [-0.1, -0.05) is 41.4 Å². The first-order valence-electron chi connectivity index (χ1n) is 8.46. The van der Waals surface area contributed by atoms with E-state index < -0.39 is 0 Å². The van der Waals surface area contributed by atoms with Crippen LogP contribution in [0.5, 0.6) is 0 Å². The Bertz CT molecular complexity index is 881. The molecular weight excluding hydrogens is 387 g/mol. The summed E-state index contributed by atoms with van der Waals surface area (Å²) in [5, 5.41) is 0.922. The summed E-state index contributed by atoms with van der Waals surface area (Å²) in [5.41, 5.74) is 2.21. The third kappa shape index (κ3) is 4.49. The Morgan fingerprint density at radius 1 is 0.963 bits per heavy atom. The van der Waals surface area contributed by atoms with Gasteiger partial charge in [0.15, 0.2) is 0 Å². The lowest BCUT2D eigenvalue weighted by atomic mass is 10.1. The minimum Gasteiger partial charge on any atom is -0.337 e. The molecule has 0 spiro atoms. The van der Waals surface area contributed by atoms with Gasteiger partial charge in [-0.15, -0.1) is 0 Å². The number of benzene rings is 2. The highest BCUT2D eigenvalue weighted by Gasteiger charge is 2.28. The number of likely N-dealkylation sites (tertiary alicyclic amines) is 1. The van der Waals surface area contributed by atoms with E-state index >= 15 is 0 Å². The molecule has 140 valence electrons. The molecule has 2 aromatic rings. The molecule has 0 radical (unpaired) electrons. The van der Waals surface area contributed by atoms with Crippen molar-refractivity contribution in [2.24, 2.45) is 0 Å². The predicted molar refractivity (Wildman–Crippen MR) is 103 cm³/mol. The molecule has 0 atom stereocenters. The van der Waals surface area contributed by atoms with Gasteiger partial charge in [-0.2, -0.15) is 0 Å². The van der Waals surface area contributed by atoms with E-state index in [1.165, 1.54) is 4.90 Å². The van der Waals surface area contributed by atoms with Gasteiger partial charge < -0.3 is 4.90 Å². The maximum Gasteiger partial charge on any atom is 0.253 e. The average molecular weight is 405 g/mol. The second-order valence-electron chi connectivity index (χ2n) is 6.48. The van der Waals surface area contributed by atoms with Gasteiger partial charge in [-0.3, -0.25) is 19.3 Å². The Kier molecular flexibility index (Phi) is 5.82. The molecule has 1 saturated heterocycles. The fourth-order valence-corrected chi connectivity index (χ4v) is 3.26. The third-order valence-electron chi connectivity index (χ3n) is 4.45. The number of rotatable bonds is 5. The van der Waals surface area contributed by atoms with Gasteiger partial charge in [0, 0.05) is 32.0 Å². The molecule has 7 heteroatoms. The zero-order chi connectivity index (χ0) is 19.6. The molecular formula is C20H18Cl2N2O3. The lowest BCUT2D eigenvalue weighted by Gasteiger charge is -2.18. The van der Waals surface area contributed by atoms with Crippen molar-refractivity contribution in [1.29, 1.82) is 0 Å². The molecule has 5 nitrogen and oxygen atoms in total. The van der Waals surface area contributed by atoms with Crippen LogP contribution in [0, 0.1) is 0 Å². The lowest BCUT2D eigenvalue weighted by molar-refractivity contribution is -0.139. The summed E-state index contributed by atoms with van der Waals surface area (Å²) in [7, 11) is 1.71. The zero-order valence-electron chi connectivity index (χ0n) is 14.7. The van der Waals surface area contributed by atoms with E-state index in [1.54, 1.807) is 48.3 Å². The molecule has 0 aliphatic carbocycles. The van der Waals surface area contributed by atoms with Crippen molar-refractivity contribution in [2.75, 3.05) is 7.05 Å². The van der Waals surface area contributed by atoms with Crippen molar-refractivity contribution >= 4 is 40.9 Å². The first-order chi connectivity index (χ1) is 12.8. The number of carbonyl (C=O) groups is 3. The Morgan fingerprint density at radius 2 is 1.56 bits per heavy atom. The smallest absolute Gasteiger partial charge is 0.253 e. The van der Waals surface area contributed by atoms with Crippen LogP contribution in [-0.4, -0.2) is 34.6 Å². The standard InChI is InChI=1S/C20H18Cl2N2O3/c1-23(11-14-4-7-16(21)17(22)10-14)20(27)15-5-2-13(3-6-15)12-24-18(25)8-9-19(24)26/h2-7,10H,8-9,11-12H2,1H3. The summed E-state index contributed by atoms with van der Waals surface area (Å²) in [4.78, 5) is 38.8. The van der Waals surface area contributed by atoms with Crippen molar-refractivity contribution in [3.05, 3.63) is 69.2 Å². The van der Waals surface area contributed by atoms with Crippen LogP contribution >= 0.6 is 23.2 Å². The van der Waals surface area contributed by atoms with Crippen LogP contribution in [0.4, 0.5) is 0 Å². The largest absolute Gasteiger partial charge is 0.337 e. The van der Waals surface area contributed by atoms with Crippen molar-refractivity contribution in [2.45, 2.75) is 25.9 Å². The molecule has 0 N–H and O–H groups in total. The highest BCUT2D eigenvalue weighted by molar-refractivity contribution is 6.42. The molecule has 27 heavy (non-hydrogen) atoms. The molecule has 0 saturated carbocycles. The van der Waals surface area contributed by atoms with Crippen LogP contribution in [0.2, 0.25) is 10.0 Å². The second-order valence-corrected chi connectivity index (χ2v) is 7.29. The van der Waals surface area contributed by atoms with Gasteiger partial charge >= 0.3 is 0 Å². The van der Waals surface area contributed by atoms with E-state index in [1.807, 2.05) is 6.07 Å². The molecule has 1 aliphatic rings. The van der Waals surface area contributed by atoms with Gasteiger partial charge in [0.2, 0.25) is 11.8 Å². The highest BCUT2D eigenvalue weighted by atomic mass is 35.5. The Hall–Kier alpha value is -2.37. The van der Waals surface area contributed by atoms with E-state index in [0.717, 1.165) is 11.1 Å². The summed E-state index contributed by atoms with van der Waals surface area (Å²) in [6, 6.07) is 12.2. The molecule has 0 aromatic heterocycles. The minimum atomic E-state index is -0.151. The summed E-state index contributed by atoms with van der Waals surface area (Å²) in [6.45, 7) is 0.638. The second kappa shape index (κ2) is 8.11. The third-order valence-corrected chi connectivity index (χ3v) is 5.19. The minimum absolute atomic E-state index is 0.138. The highest BCUT2D eigenvalue weighted by Crippen LogP contribution is 2.23. The maximum atomic E-state index is 12.6. The molecule has 2 aromatic carbocycles. The number of hydrogen-bond acceptors (Lipinski definition) is 3. The Balaban J connectivity index is 1.65. The first-order valence-corrected chi connectivity index (χ1v) is 9.22. The van der Waals surface area contributed by atoms with Gasteiger partial charge in [-0.05, 0) is 35.4 Å². The number of imide groups is 1. The van der Waals surface area contributed by atoms with Crippen molar-refractivity contribution < 1.29 is 14.4 Å². The van der Waals surface area contributed by atoms with Crippen molar-refractivity contribution in [3.63, 3.8) is 0 Å². The van der Waals surface area contributed by atoms with E-state index in [4.69, 9.17) is 23.2 Å². The monoisotopic (exact) mass is 404 g/mol. The Morgan fingerprint density at radius 3 is 2.15 bits per heavy atom. The van der Waals surface area contributed by atoms with Gasteiger partial charge in [0.1, 0.15) is 0 Å². The fourth-order valence-electron chi connectivity index (χ4n) is 2.94. The predicted octanol–water partition coefficient (Wildman–Crippen LogP) is 3.91. The molecule has 0 bridgehead atoms. The first kappa shape index (κ1) is 19.4. The number of halogens is 2. The number of amides is 3. The quantitative estimate of drug-likeness (QED) is 0.709. The van der Waals surface area contributed by atoms with Crippen molar-refractivity contribution in [3.8, 4) is 0 Å². The average Bonchev–Trinajstić information content (AvgIpc) is 2.97. The van der Waals surface area contributed by atoms with Crippen LogP contribution in [-0.2, 0) is 22.7 Å². The van der Waals surface area contributed by atoms with Gasteiger partial charge in [0.05, 0.1) is 16.6 Å². The Labute approximate surface area is 167 Å². The summed E-state index contributed by atoms with van der Waals surface area (Å²) in [5.74, 6) is -0.441. The van der Waals surface area contributed by atoms with E-state index in [9.17, 15) is 14.4 Å². The van der Waals surface area contributed by atoms with Gasteiger partial charge in [-0.25, -0.2) is 0 Å². The molecule has 0 unspecified atom stereocenters. The van der Waals surface area contributed by atoms with Gasteiger partial charge in [0.25, 0.3) is 5.91 Å². The molecule has 1 aliphatic heterocycles. The molecule has 1 heterocycles. The van der Waals surface area contributed by atoms with Crippen LogP contribution in [0.15, 0.2) is 42.5 Å². The summed E-state index contributed by atoms with van der Waals surface area (Å²) >= 11 is 11.9. The van der Waals surface area contributed by atoms with E-state index in [0.29, 0.717) is 22.2 Å². The topological polar surface area (TPSA) is 57.7 Å². The number of hydrogen-bond donors (Lipinski definition) is 0. The van der Waals surface area contributed by atoms with E-state index in [-0.39, 0.29) is 37.1 Å². The summed E-state index contributed by atoms with van der Waals surface area (Å²) < 4.78 is 0. The normalized spacial score (nSPS) is 14.0. The maximum absolute atomic E-state index is 12.6.